The molecule has 30 heavy (non-hydrogen) atoms. The molecule has 5 heteroatoms. The van der Waals surface area contributed by atoms with Crippen LogP contribution in [0.2, 0.25) is 0 Å². The van der Waals surface area contributed by atoms with E-state index in [0.29, 0.717) is 12.1 Å². The molecule has 0 bridgehead atoms. The van der Waals surface area contributed by atoms with Crippen LogP contribution in [0.1, 0.15) is 60.7 Å². The first kappa shape index (κ1) is 20.5. The monoisotopic (exact) mass is 405 g/mol. The number of imidazole rings is 1. The Labute approximate surface area is 178 Å². The molecule has 2 aromatic carbocycles. The molecule has 1 amide bonds. The summed E-state index contributed by atoms with van der Waals surface area (Å²) < 4.78 is 5.55. The summed E-state index contributed by atoms with van der Waals surface area (Å²) in [6.07, 6.45) is 4.71. The lowest BCUT2D eigenvalue weighted by Gasteiger charge is -2.50. The molecule has 0 saturated carbocycles. The molecule has 1 heterocycles. The minimum atomic E-state index is -0.0464. The second-order valence-electron chi connectivity index (χ2n) is 9.34. The molecule has 0 fully saturated rings. The second kappa shape index (κ2) is 7.46. The standard InChI is InChI=1S/C25H31N3O2/c1-16-12-19-17(14-22(16)30-5)8-9-24(2,3)25(19,4)10-11-26-23(29)18-6-7-20-21(13-18)28-15-27-20/h6-7,12-15H,8-11H2,1-5H3,(H,26,29)(H,27,28)/t25-/m1/s1. The number of H-pyrrole nitrogens is 1. The fourth-order valence-electron chi connectivity index (χ4n) is 4.84. The summed E-state index contributed by atoms with van der Waals surface area (Å²) in [6, 6.07) is 10.1. The zero-order chi connectivity index (χ0) is 21.5. The first-order chi connectivity index (χ1) is 14.2. The summed E-state index contributed by atoms with van der Waals surface area (Å²) in [5, 5.41) is 3.14. The predicted octanol–water partition coefficient (Wildman–Crippen LogP) is 4.93. The van der Waals surface area contributed by atoms with E-state index < -0.39 is 0 Å². The first-order valence-electron chi connectivity index (χ1n) is 10.6. The number of carbonyl (C=O) groups is 1. The average Bonchev–Trinajstić information content (AvgIpc) is 3.19. The number of benzene rings is 2. The number of nitrogens with one attached hydrogen (secondary N) is 2. The van der Waals surface area contributed by atoms with E-state index in [0.717, 1.165) is 41.6 Å². The maximum absolute atomic E-state index is 12.7. The van der Waals surface area contributed by atoms with Gasteiger partial charge in [0, 0.05) is 12.1 Å². The highest BCUT2D eigenvalue weighted by Gasteiger charge is 2.45. The Morgan fingerprint density at radius 2 is 2.03 bits per heavy atom. The van der Waals surface area contributed by atoms with Crippen LogP contribution in [-0.4, -0.2) is 29.5 Å². The quantitative estimate of drug-likeness (QED) is 0.632. The molecule has 2 N–H and O–H groups in total. The number of hydrogen-bond donors (Lipinski definition) is 2. The third kappa shape index (κ3) is 3.36. The molecule has 0 saturated heterocycles. The van der Waals surface area contributed by atoms with Crippen LogP contribution in [0.3, 0.4) is 0 Å². The van der Waals surface area contributed by atoms with Gasteiger partial charge in [0.25, 0.3) is 5.91 Å². The fraction of sp³-hybridized carbons (Fsp3) is 0.440. The molecular formula is C25H31N3O2. The Balaban J connectivity index is 1.54. The first-order valence-corrected chi connectivity index (χ1v) is 10.6. The van der Waals surface area contributed by atoms with Crippen molar-refractivity contribution in [2.75, 3.05) is 13.7 Å². The number of rotatable bonds is 5. The number of amides is 1. The molecule has 1 aliphatic carbocycles. The van der Waals surface area contributed by atoms with Gasteiger partial charge in [-0.25, -0.2) is 4.98 Å². The van der Waals surface area contributed by atoms with Gasteiger partial charge in [0.2, 0.25) is 0 Å². The van der Waals surface area contributed by atoms with E-state index in [4.69, 9.17) is 4.74 Å². The lowest BCUT2D eigenvalue weighted by Crippen LogP contribution is -2.45. The van der Waals surface area contributed by atoms with Crippen LogP contribution in [0.5, 0.6) is 5.75 Å². The molecule has 0 aliphatic heterocycles. The predicted molar refractivity (Wildman–Crippen MR) is 120 cm³/mol. The highest BCUT2D eigenvalue weighted by Crippen LogP contribution is 2.52. The van der Waals surface area contributed by atoms with E-state index in [1.807, 2.05) is 18.2 Å². The van der Waals surface area contributed by atoms with Crippen molar-refractivity contribution in [2.45, 2.75) is 52.4 Å². The molecule has 0 unspecified atom stereocenters. The number of fused-ring (bicyclic) bond motifs is 2. The van der Waals surface area contributed by atoms with E-state index in [2.05, 4.69) is 55.1 Å². The number of methoxy groups -OCH3 is 1. The van der Waals surface area contributed by atoms with E-state index in [-0.39, 0.29) is 16.7 Å². The SMILES string of the molecule is COc1cc2c(cc1C)[C@@](C)(CCNC(=O)c1ccc3nc[nH]c3c1)C(C)(C)CC2. The number of aryl methyl sites for hydroxylation is 2. The largest absolute Gasteiger partial charge is 0.496 e. The minimum absolute atomic E-state index is 0.0295. The van der Waals surface area contributed by atoms with Gasteiger partial charge in [-0.1, -0.05) is 26.8 Å². The molecule has 1 aliphatic rings. The molecule has 1 aromatic heterocycles. The van der Waals surface area contributed by atoms with Crippen molar-refractivity contribution in [1.29, 1.82) is 0 Å². The Hall–Kier alpha value is -2.82. The van der Waals surface area contributed by atoms with Crippen molar-refractivity contribution in [2.24, 2.45) is 5.41 Å². The van der Waals surface area contributed by atoms with Gasteiger partial charge in [-0.3, -0.25) is 4.79 Å². The highest BCUT2D eigenvalue weighted by atomic mass is 16.5. The van der Waals surface area contributed by atoms with Gasteiger partial charge in [-0.15, -0.1) is 0 Å². The molecule has 3 aromatic rings. The van der Waals surface area contributed by atoms with Gasteiger partial charge in [0.15, 0.2) is 0 Å². The molecular weight excluding hydrogens is 374 g/mol. The van der Waals surface area contributed by atoms with E-state index in [1.165, 1.54) is 11.1 Å². The van der Waals surface area contributed by atoms with Crippen LogP contribution in [0.4, 0.5) is 0 Å². The minimum Gasteiger partial charge on any atom is -0.496 e. The summed E-state index contributed by atoms with van der Waals surface area (Å²) >= 11 is 0. The Bertz CT molecular complexity index is 1100. The van der Waals surface area contributed by atoms with Gasteiger partial charge in [-0.05, 0) is 78.0 Å². The Morgan fingerprint density at radius 3 is 2.80 bits per heavy atom. The van der Waals surface area contributed by atoms with Gasteiger partial charge in [0.05, 0.1) is 24.5 Å². The Morgan fingerprint density at radius 1 is 1.23 bits per heavy atom. The maximum atomic E-state index is 12.7. The van der Waals surface area contributed by atoms with E-state index in [1.54, 1.807) is 13.4 Å². The van der Waals surface area contributed by atoms with E-state index >= 15 is 0 Å². The molecule has 1 atom stereocenters. The molecule has 0 radical (unpaired) electrons. The van der Waals surface area contributed by atoms with Crippen molar-refractivity contribution >= 4 is 16.9 Å². The van der Waals surface area contributed by atoms with Crippen molar-refractivity contribution in [3.05, 3.63) is 58.9 Å². The molecule has 158 valence electrons. The molecule has 4 rings (SSSR count). The van der Waals surface area contributed by atoms with Crippen molar-refractivity contribution in [3.63, 3.8) is 0 Å². The molecule has 5 nitrogen and oxygen atoms in total. The number of carbonyl (C=O) groups excluding carboxylic acids is 1. The van der Waals surface area contributed by atoms with Crippen molar-refractivity contribution < 1.29 is 9.53 Å². The van der Waals surface area contributed by atoms with Crippen LogP contribution < -0.4 is 10.1 Å². The number of aromatic nitrogens is 2. The lowest BCUT2D eigenvalue weighted by atomic mass is 9.55. The summed E-state index contributed by atoms with van der Waals surface area (Å²) in [6.45, 7) is 9.78. The summed E-state index contributed by atoms with van der Waals surface area (Å²) in [7, 11) is 1.73. The topological polar surface area (TPSA) is 67.0 Å². The van der Waals surface area contributed by atoms with Gasteiger partial charge >= 0.3 is 0 Å². The number of aromatic amines is 1. The van der Waals surface area contributed by atoms with Crippen LogP contribution in [0.15, 0.2) is 36.7 Å². The van der Waals surface area contributed by atoms with Crippen molar-refractivity contribution in [1.82, 2.24) is 15.3 Å². The average molecular weight is 406 g/mol. The van der Waals surface area contributed by atoms with Gasteiger partial charge in [0.1, 0.15) is 5.75 Å². The van der Waals surface area contributed by atoms with Gasteiger partial charge in [-0.2, -0.15) is 0 Å². The molecule has 0 spiro atoms. The third-order valence-electron chi connectivity index (χ3n) is 7.32. The number of ether oxygens (including phenoxy) is 1. The summed E-state index contributed by atoms with van der Waals surface area (Å²) in [4.78, 5) is 20.0. The van der Waals surface area contributed by atoms with Crippen LogP contribution in [-0.2, 0) is 11.8 Å². The highest BCUT2D eigenvalue weighted by molar-refractivity contribution is 5.97. The normalized spacial score (nSPS) is 20.0. The van der Waals surface area contributed by atoms with Crippen LogP contribution in [0, 0.1) is 12.3 Å². The fourth-order valence-corrected chi connectivity index (χ4v) is 4.84. The number of nitrogens with zero attached hydrogens (tertiary/aromatic N) is 1. The summed E-state index contributed by atoms with van der Waals surface area (Å²) in [5.74, 6) is 0.910. The third-order valence-corrected chi connectivity index (χ3v) is 7.32. The van der Waals surface area contributed by atoms with E-state index in [9.17, 15) is 4.79 Å². The van der Waals surface area contributed by atoms with Crippen LogP contribution >= 0.6 is 0 Å². The Kier molecular flexibility index (Phi) is 5.08. The zero-order valence-electron chi connectivity index (χ0n) is 18.6. The number of hydrogen-bond acceptors (Lipinski definition) is 3. The lowest BCUT2D eigenvalue weighted by molar-refractivity contribution is 0.0932. The zero-order valence-corrected chi connectivity index (χ0v) is 18.6. The van der Waals surface area contributed by atoms with Gasteiger partial charge < -0.3 is 15.0 Å². The smallest absolute Gasteiger partial charge is 0.251 e. The van der Waals surface area contributed by atoms with Crippen molar-refractivity contribution in [3.8, 4) is 5.75 Å². The summed E-state index contributed by atoms with van der Waals surface area (Å²) in [5.41, 5.74) is 6.43. The second-order valence-corrected chi connectivity index (χ2v) is 9.34. The maximum Gasteiger partial charge on any atom is 0.251 e. The van der Waals surface area contributed by atoms with Crippen LogP contribution in [0.25, 0.3) is 11.0 Å².